The van der Waals surface area contributed by atoms with Gasteiger partial charge in [-0.15, -0.1) is 0 Å². The van der Waals surface area contributed by atoms with Gasteiger partial charge in [0.25, 0.3) is 0 Å². The summed E-state index contributed by atoms with van der Waals surface area (Å²) in [5.74, 6) is 0. The Morgan fingerprint density at radius 1 is 1.55 bits per heavy atom. The van der Waals surface area contributed by atoms with E-state index in [0.717, 1.165) is 6.04 Å². The maximum Gasteiger partial charge on any atom is 0.0192 e. The molecule has 0 radical (unpaired) electrons. The van der Waals surface area contributed by atoms with Crippen molar-refractivity contribution in [3.8, 4) is 0 Å². The van der Waals surface area contributed by atoms with Crippen LogP contribution in [0.15, 0.2) is 0 Å². The molecular formula is C9H22N2. The molecule has 0 aliphatic carbocycles. The molecule has 11 heavy (non-hydrogen) atoms. The lowest BCUT2D eigenvalue weighted by Crippen LogP contribution is -2.47. The van der Waals surface area contributed by atoms with Gasteiger partial charge >= 0.3 is 0 Å². The van der Waals surface area contributed by atoms with Crippen molar-refractivity contribution in [3.63, 3.8) is 0 Å². The summed E-state index contributed by atoms with van der Waals surface area (Å²) in [6, 6.07) is 1.44. The van der Waals surface area contributed by atoms with Crippen LogP contribution < -0.4 is 5.32 Å². The van der Waals surface area contributed by atoms with E-state index in [4.69, 9.17) is 0 Å². The Balaban J connectivity index is 0.00000121. The Morgan fingerprint density at radius 3 is 2.82 bits per heavy atom. The molecule has 0 aromatic rings. The Morgan fingerprint density at radius 2 is 2.27 bits per heavy atom. The molecule has 1 unspecified atom stereocenters. The van der Waals surface area contributed by atoms with Crippen molar-refractivity contribution in [3.05, 3.63) is 0 Å². The summed E-state index contributed by atoms with van der Waals surface area (Å²) < 4.78 is 0. The second kappa shape index (κ2) is 4.07. The molecule has 0 saturated carbocycles. The zero-order chi connectivity index (χ0) is 8.27. The molecule has 1 rings (SSSR count). The molecule has 1 aliphatic rings. The van der Waals surface area contributed by atoms with Crippen molar-refractivity contribution < 1.29 is 1.43 Å². The van der Waals surface area contributed by atoms with Gasteiger partial charge in [-0.05, 0) is 40.3 Å². The van der Waals surface area contributed by atoms with Gasteiger partial charge in [-0.1, -0.05) is 0 Å². The number of likely N-dealkylation sites (N-methyl/N-ethyl adjacent to an activating group) is 1. The van der Waals surface area contributed by atoms with Gasteiger partial charge < -0.3 is 5.32 Å². The Bertz CT molecular complexity index is 117. The van der Waals surface area contributed by atoms with E-state index in [0.29, 0.717) is 6.04 Å². The van der Waals surface area contributed by atoms with Crippen LogP contribution >= 0.6 is 0 Å². The molecule has 2 nitrogen and oxygen atoms in total. The first kappa shape index (κ1) is 9.01. The second-order valence-electron chi connectivity index (χ2n) is 3.72. The van der Waals surface area contributed by atoms with Crippen LogP contribution in [-0.2, 0) is 0 Å². The van der Waals surface area contributed by atoms with Gasteiger partial charge in [-0.3, -0.25) is 4.90 Å². The Kier molecular flexibility index (Phi) is 3.34. The molecule has 0 bridgehead atoms. The predicted octanol–water partition coefficient (Wildman–Crippen LogP) is 1.32. The van der Waals surface area contributed by atoms with Crippen LogP contribution in [0.25, 0.3) is 0 Å². The number of rotatable bonds is 2. The third kappa shape index (κ3) is 2.46. The summed E-state index contributed by atoms with van der Waals surface area (Å²) in [6.45, 7) is 7.07. The van der Waals surface area contributed by atoms with E-state index in [9.17, 15) is 0 Å². The first-order chi connectivity index (χ1) is 5.24. The van der Waals surface area contributed by atoms with Crippen LogP contribution in [0.4, 0.5) is 0 Å². The highest BCUT2D eigenvalue weighted by Crippen LogP contribution is 2.11. The first-order valence-electron chi connectivity index (χ1n) is 4.65. The van der Waals surface area contributed by atoms with Gasteiger partial charge in [0.15, 0.2) is 0 Å². The van der Waals surface area contributed by atoms with Gasteiger partial charge in [-0.2, -0.15) is 0 Å². The van der Waals surface area contributed by atoms with Crippen molar-refractivity contribution in [2.75, 3.05) is 20.1 Å². The lowest BCUT2D eigenvalue weighted by molar-refractivity contribution is 0.158. The van der Waals surface area contributed by atoms with E-state index in [1.165, 1.54) is 25.9 Å². The van der Waals surface area contributed by atoms with Gasteiger partial charge in [0.1, 0.15) is 0 Å². The molecular weight excluding hydrogens is 136 g/mol. The highest BCUT2D eigenvalue weighted by molar-refractivity contribution is 4.78. The fourth-order valence-electron chi connectivity index (χ4n) is 1.71. The van der Waals surface area contributed by atoms with Crippen molar-refractivity contribution in [1.82, 2.24) is 10.2 Å². The zero-order valence-electron chi connectivity index (χ0n) is 7.93. The molecule has 2 heteroatoms. The minimum Gasteiger partial charge on any atom is -0.316 e. The van der Waals surface area contributed by atoms with Crippen molar-refractivity contribution in [2.24, 2.45) is 0 Å². The quantitative estimate of drug-likeness (QED) is 0.652. The maximum atomic E-state index is 3.35. The molecule has 0 aromatic carbocycles. The molecule has 1 saturated heterocycles. The summed E-state index contributed by atoms with van der Waals surface area (Å²) in [7, 11) is 2.06. The summed E-state index contributed by atoms with van der Waals surface area (Å²) in [5.41, 5.74) is 0. The number of hydrogen-bond donors (Lipinski definition) is 1. The van der Waals surface area contributed by atoms with Crippen molar-refractivity contribution in [1.29, 1.82) is 0 Å². The summed E-state index contributed by atoms with van der Waals surface area (Å²) >= 11 is 0. The van der Waals surface area contributed by atoms with E-state index in [1.807, 2.05) is 0 Å². The smallest absolute Gasteiger partial charge is 0.0192 e. The van der Waals surface area contributed by atoms with E-state index >= 15 is 0 Å². The topological polar surface area (TPSA) is 15.3 Å². The van der Waals surface area contributed by atoms with Crippen LogP contribution in [0.1, 0.15) is 28.1 Å². The van der Waals surface area contributed by atoms with Crippen molar-refractivity contribution in [2.45, 2.75) is 38.8 Å². The number of hydrogen-bond acceptors (Lipinski definition) is 2. The Labute approximate surface area is 71.4 Å². The third-order valence-corrected chi connectivity index (χ3v) is 2.59. The molecule has 0 spiro atoms. The highest BCUT2D eigenvalue weighted by Gasteiger charge is 2.19. The van der Waals surface area contributed by atoms with E-state index in [-0.39, 0.29) is 1.43 Å². The lowest BCUT2D eigenvalue weighted by atomic mass is 10.0. The molecule has 1 atom stereocenters. The number of likely N-dealkylation sites (tertiary alicyclic amines) is 1. The molecule has 68 valence electrons. The van der Waals surface area contributed by atoms with Crippen LogP contribution in [-0.4, -0.2) is 37.1 Å². The zero-order valence-corrected chi connectivity index (χ0v) is 7.93. The first-order valence-corrected chi connectivity index (χ1v) is 4.65. The second-order valence-corrected chi connectivity index (χ2v) is 3.72. The summed E-state index contributed by atoms with van der Waals surface area (Å²) in [6.07, 6.45) is 2.70. The molecule has 1 fully saturated rings. The minimum atomic E-state index is 0. The van der Waals surface area contributed by atoms with Crippen LogP contribution in [0.5, 0.6) is 0 Å². The number of piperidine rings is 1. The van der Waals surface area contributed by atoms with E-state index in [2.05, 4.69) is 31.1 Å². The SMILES string of the molecule is CNC1CCCN(C(C)C)C1.[HH]. The summed E-state index contributed by atoms with van der Waals surface area (Å²) in [4.78, 5) is 2.55. The van der Waals surface area contributed by atoms with Gasteiger partial charge in [-0.25, -0.2) is 0 Å². The van der Waals surface area contributed by atoms with Gasteiger partial charge in [0.2, 0.25) is 0 Å². The normalized spacial score (nSPS) is 27.8. The average molecular weight is 158 g/mol. The highest BCUT2D eigenvalue weighted by atomic mass is 15.2. The molecule has 0 aromatic heterocycles. The molecule has 1 aliphatic heterocycles. The lowest BCUT2D eigenvalue weighted by Gasteiger charge is -2.35. The van der Waals surface area contributed by atoms with Crippen LogP contribution in [0, 0.1) is 0 Å². The number of nitrogens with one attached hydrogen (secondary N) is 1. The predicted molar refractivity (Wildman–Crippen MR) is 50.9 cm³/mol. The fraction of sp³-hybridized carbons (Fsp3) is 1.00. The molecule has 1 N–H and O–H groups in total. The van der Waals surface area contributed by atoms with Crippen LogP contribution in [0.2, 0.25) is 0 Å². The van der Waals surface area contributed by atoms with E-state index in [1.54, 1.807) is 0 Å². The van der Waals surface area contributed by atoms with Crippen molar-refractivity contribution >= 4 is 0 Å². The van der Waals surface area contributed by atoms with Gasteiger partial charge in [0, 0.05) is 20.1 Å². The monoisotopic (exact) mass is 158 g/mol. The Hall–Kier alpha value is -0.0800. The van der Waals surface area contributed by atoms with Crippen LogP contribution in [0.3, 0.4) is 0 Å². The average Bonchev–Trinajstić information content (AvgIpc) is 2.05. The minimum absolute atomic E-state index is 0. The van der Waals surface area contributed by atoms with Gasteiger partial charge in [0.05, 0.1) is 0 Å². The largest absolute Gasteiger partial charge is 0.316 e. The standard InChI is InChI=1S/C9H20N2.H2/c1-8(2)11-6-4-5-9(7-11)10-3;/h8-10H,4-7H2,1-3H3;1H. The van der Waals surface area contributed by atoms with E-state index < -0.39 is 0 Å². The maximum absolute atomic E-state index is 3.35. The molecule has 1 heterocycles. The molecule has 0 amide bonds. The number of nitrogens with zero attached hydrogens (tertiary/aromatic N) is 1. The summed E-state index contributed by atoms with van der Waals surface area (Å²) in [5, 5.41) is 3.35. The fourth-order valence-corrected chi connectivity index (χ4v) is 1.71. The third-order valence-electron chi connectivity index (χ3n) is 2.59.